The number of ether oxygens (including phenoxy) is 1. The second kappa shape index (κ2) is 5.84. The predicted molar refractivity (Wildman–Crippen MR) is 78.9 cm³/mol. The third kappa shape index (κ3) is 2.59. The van der Waals surface area contributed by atoms with Gasteiger partial charge >= 0.3 is 0 Å². The summed E-state index contributed by atoms with van der Waals surface area (Å²) in [7, 11) is 1.65. The highest BCUT2D eigenvalue weighted by atomic mass is 79.9. The van der Waals surface area contributed by atoms with Crippen molar-refractivity contribution in [3.63, 3.8) is 0 Å². The molecule has 3 nitrogen and oxygen atoms in total. The number of nitrogens with one attached hydrogen (secondary N) is 1. The van der Waals surface area contributed by atoms with Crippen molar-refractivity contribution in [2.24, 2.45) is 5.84 Å². The summed E-state index contributed by atoms with van der Waals surface area (Å²) in [6.45, 7) is 2.10. The molecule has 0 saturated carbocycles. The normalized spacial score (nSPS) is 12.4. The molecular weight excluding hydrogens is 312 g/mol. The first kappa shape index (κ1) is 13.5. The maximum absolute atomic E-state index is 5.69. The van der Waals surface area contributed by atoms with Crippen LogP contribution in [-0.4, -0.2) is 7.11 Å². The molecule has 2 rings (SSSR count). The molecule has 0 aliphatic carbocycles. The first-order valence-corrected chi connectivity index (χ1v) is 7.18. The molecule has 1 aromatic carbocycles. The molecule has 5 heteroatoms. The number of nitrogens with two attached hydrogens (primary N) is 1. The fourth-order valence-corrected chi connectivity index (χ4v) is 3.22. The first-order chi connectivity index (χ1) is 8.67. The molecule has 0 bridgehead atoms. The predicted octanol–water partition coefficient (Wildman–Crippen LogP) is 3.38. The van der Waals surface area contributed by atoms with Gasteiger partial charge in [-0.2, -0.15) is 0 Å². The Balaban J connectivity index is 2.40. The molecule has 1 unspecified atom stereocenters. The van der Waals surface area contributed by atoms with Gasteiger partial charge in [-0.25, -0.2) is 5.43 Å². The van der Waals surface area contributed by atoms with Crippen LogP contribution >= 0.6 is 27.3 Å². The fourth-order valence-electron chi connectivity index (χ4n) is 1.92. The van der Waals surface area contributed by atoms with Gasteiger partial charge in [0.15, 0.2) is 0 Å². The van der Waals surface area contributed by atoms with E-state index in [0.717, 1.165) is 15.8 Å². The molecule has 0 aliphatic heterocycles. The summed E-state index contributed by atoms with van der Waals surface area (Å²) in [4.78, 5) is 1.27. The lowest BCUT2D eigenvalue weighted by atomic mass is 10.00. The number of methoxy groups -OCH3 is 1. The fraction of sp³-hybridized carbons (Fsp3) is 0.231. The summed E-state index contributed by atoms with van der Waals surface area (Å²) in [5.41, 5.74) is 5.18. The summed E-state index contributed by atoms with van der Waals surface area (Å²) in [6, 6.07) is 8.08. The van der Waals surface area contributed by atoms with Gasteiger partial charge in [-0.15, -0.1) is 11.3 Å². The van der Waals surface area contributed by atoms with E-state index in [-0.39, 0.29) is 6.04 Å². The molecule has 3 N–H and O–H groups in total. The second-order valence-electron chi connectivity index (χ2n) is 3.93. The van der Waals surface area contributed by atoms with Crippen molar-refractivity contribution >= 4 is 27.3 Å². The number of aryl methyl sites for hydroxylation is 1. The Morgan fingerprint density at radius 1 is 1.39 bits per heavy atom. The van der Waals surface area contributed by atoms with Crippen molar-refractivity contribution in [3.8, 4) is 5.75 Å². The summed E-state index contributed by atoms with van der Waals surface area (Å²) >= 11 is 5.22. The van der Waals surface area contributed by atoms with Gasteiger partial charge in [0, 0.05) is 4.88 Å². The molecule has 2 aromatic rings. The van der Waals surface area contributed by atoms with Gasteiger partial charge in [0.25, 0.3) is 0 Å². The summed E-state index contributed by atoms with van der Waals surface area (Å²) in [5, 5.41) is 2.08. The van der Waals surface area contributed by atoms with Crippen molar-refractivity contribution in [2.75, 3.05) is 7.11 Å². The van der Waals surface area contributed by atoms with Gasteiger partial charge in [-0.1, -0.05) is 6.07 Å². The third-order valence-corrected chi connectivity index (χ3v) is 4.37. The topological polar surface area (TPSA) is 47.3 Å². The minimum atomic E-state index is -0.00143. The quantitative estimate of drug-likeness (QED) is 0.668. The van der Waals surface area contributed by atoms with Crippen LogP contribution in [0.2, 0.25) is 0 Å². The zero-order valence-electron chi connectivity index (χ0n) is 10.2. The molecule has 1 heterocycles. The van der Waals surface area contributed by atoms with Crippen LogP contribution in [0.3, 0.4) is 0 Å². The van der Waals surface area contributed by atoms with Crippen LogP contribution in [0, 0.1) is 6.92 Å². The van der Waals surface area contributed by atoms with E-state index in [1.807, 2.05) is 18.2 Å². The highest BCUT2D eigenvalue weighted by Crippen LogP contribution is 2.32. The standard InChI is InChI=1S/C13H15BrN2OS/c1-8-10(5-6-18-8)13(16-15)9-3-4-12(17-2)11(14)7-9/h3-7,13,16H,15H2,1-2H3. The van der Waals surface area contributed by atoms with E-state index in [4.69, 9.17) is 10.6 Å². The number of benzene rings is 1. The zero-order valence-corrected chi connectivity index (χ0v) is 12.6. The highest BCUT2D eigenvalue weighted by molar-refractivity contribution is 9.10. The van der Waals surface area contributed by atoms with Gasteiger partial charge in [0.1, 0.15) is 5.75 Å². The lowest BCUT2D eigenvalue weighted by Gasteiger charge is -2.17. The van der Waals surface area contributed by atoms with Crippen molar-refractivity contribution in [3.05, 3.63) is 50.1 Å². The SMILES string of the molecule is COc1ccc(C(NN)c2ccsc2C)cc1Br. The molecule has 18 heavy (non-hydrogen) atoms. The molecule has 0 spiro atoms. The molecule has 0 fully saturated rings. The Hall–Kier alpha value is -0.880. The van der Waals surface area contributed by atoms with E-state index in [1.54, 1.807) is 18.4 Å². The van der Waals surface area contributed by atoms with Gasteiger partial charge in [-0.05, 0) is 57.6 Å². The number of thiophene rings is 1. The molecule has 96 valence electrons. The lowest BCUT2D eigenvalue weighted by molar-refractivity contribution is 0.411. The number of rotatable bonds is 4. The Morgan fingerprint density at radius 2 is 2.17 bits per heavy atom. The smallest absolute Gasteiger partial charge is 0.133 e. The van der Waals surface area contributed by atoms with Crippen molar-refractivity contribution in [1.29, 1.82) is 0 Å². The number of hydrogen-bond donors (Lipinski definition) is 2. The molecule has 1 aromatic heterocycles. The Labute approximate surface area is 119 Å². The Morgan fingerprint density at radius 3 is 2.67 bits per heavy atom. The summed E-state index contributed by atoms with van der Waals surface area (Å²) in [6.07, 6.45) is 0. The van der Waals surface area contributed by atoms with E-state index >= 15 is 0 Å². The first-order valence-electron chi connectivity index (χ1n) is 5.51. The highest BCUT2D eigenvalue weighted by Gasteiger charge is 2.16. The van der Waals surface area contributed by atoms with Gasteiger partial charge in [0.05, 0.1) is 17.6 Å². The van der Waals surface area contributed by atoms with E-state index in [0.29, 0.717) is 0 Å². The van der Waals surface area contributed by atoms with Crippen molar-refractivity contribution in [1.82, 2.24) is 5.43 Å². The molecule has 0 aliphatic rings. The Bertz CT molecular complexity index is 542. The maximum Gasteiger partial charge on any atom is 0.133 e. The van der Waals surface area contributed by atoms with Gasteiger partial charge in [-0.3, -0.25) is 5.84 Å². The average molecular weight is 327 g/mol. The zero-order chi connectivity index (χ0) is 13.1. The molecule has 0 saturated heterocycles. The number of hydrogen-bond acceptors (Lipinski definition) is 4. The van der Waals surface area contributed by atoms with Crippen LogP contribution in [0.25, 0.3) is 0 Å². The molecule has 1 atom stereocenters. The minimum Gasteiger partial charge on any atom is -0.496 e. The number of hydrazine groups is 1. The number of halogens is 1. The van der Waals surface area contributed by atoms with Crippen LogP contribution in [0.15, 0.2) is 34.1 Å². The van der Waals surface area contributed by atoms with Crippen LogP contribution in [-0.2, 0) is 0 Å². The molecular formula is C13H15BrN2OS. The van der Waals surface area contributed by atoms with E-state index in [2.05, 4.69) is 39.7 Å². The minimum absolute atomic E-state index is 0.00143. The van der Waals surface area contributed by atoms with E-state index in [1.165, 1.54) is 10.4 Å². The molecule has 0 radical (unpaired) electrons. The van der Waals surface area contributed by atoms with Gasteiger partial charge < -0.3 is 4.74 Å². The van der Waals surface area contributed by atoms with E-state index < -0.39 is 0 Å². The van der Waals surface area contributed by atoms with Crippen molar-refractivity contribution < 1.29 is 4.74 Å². The van der Waals surface area contributed by atoms with Crippen LogP contribution < -0.4 is 16.0 Å². The average Bonchev–Trinajstić information content (AvgIpc) is 2.77. The summed E-state index contributed by atoms with van der Waals surface area (Å²) < 4.78 is 6.16. The van der Waals surface area contributed by atoms with Gasteiger partial charge in [0.2, 0.25) is 0 Å². The third-order valence-electron chi connectivity index (χ3n) is 2.89. The van der Waals surface area contributed by atoms with Crippen molar-refractivity contribution in [2.45, 2.75) is 13.0 Å². The van der Waals surface area contributed by atoms with Crippen LogP contribution in [0.1, 0.15) is 22.0 Å². The largest absolute Gasteiger partial charge is 0.496 e. The second-order valence-corrected chi connectivity index (χ2v) is 5.90. The van der Waals surface area contributed by atoms with Crippen LogP contribution in [0.4, 0.5) is 0 Å². The Kier molecular flexibility index (Phi) is 4.40. The maximum atomic E-state index is 5.69. The lowest BCUT2D eigenvalue weighted by Crippen LogP contribution is -2.28. The van der Waals surface area contributed by atoms with E-state index in [9.17, 15) is 0 Å². The molecule has 0 amide bonds. The van der Waals surface area contributed by atoms with Crippen LogP contribution in [0.5, 0.6) is 5.75 Å². The monoisotopic (exact) mass is 326 g/mol. The summed E-state index contributed by atoms with van der Waals surface area (Å²) in [5.74, 6) is 6.51.